The smallest absolute Gasteiger partial charge is 0.318 e. The molecule has 9 nitrogen and oxygen atoms in total. The normalized spacial score (nSPS) is 10.8. The summed E-state index contributed by atoms with van der Waals surface area (Å²) in [6.45, 7) is 0. The molecule has 0 saturated heterocycles. The molecule has 0 fully saturated rings. The average Bonchev–Trinajstić information content (AvgIpc) is 2.79. The molecule has 0 aliphatic rings. The van der Waals surface area contributed by atoms with Crippen LogP contribution in [-0.4, -0.2) is 17.0 Å². The van der Waals surface area contributed by atoms with Gasteiger partial charge in [-0.3, -0.25) is 20.2 Å². The van der Waals surface area contributed by atoms with Crippen molar-refractivity contribution in [3.63, 3.8) is 0 Å². The van der Waals surface area contributed by atoms with E-state index in [1.165, 1.54) is 13.2 Å². The highest BCUT2D eigenvalue weighted by Gasteiger charge is 2.23. The van der Waals surface area contributed by atoms with E-state index in [1.807, 2.05) is 52.9 Å². The zero-order chi connectivity index (χ0) is 23.3. The molecule has 32 heavy (non-hydrogen) atoms. The van der Waals surface area contributed by atoms with Gasteiger partial charge in [0.15, 0.2) is 11.5 Å². The standard InChI is InChI=1S/C22H14IN3O6/c1-31-21-11-14(9-16(13-24)15-5-3-2-4-6-15)10-18(23)22(21)32-20-8-7-17(25(27)28)12-19(20)26(29)30/h2-12H,1H3/b16-9+. The number of nitro benzene ring substituents is 2. The maximum absolute atomic E-state index is 11.4. The zero-order valence-corrected chi connectivity index (χ0v) is 18.7. The Morgan fingerprint density at radius 2 is 1.75 bits per heavy atom. The molecule has 0 N–H and O–H groups in total. The van der Waals surface area contributed by atoms with Crippen LogP contribution in [0.2, 0.25) is 0 Å². The van der Waals surface area contributed by atoms with E-state index in [0.29, 0.717) is 14.7 Å². The Labute approximate surface area is 196 Å². The molecule has 0 unspecified atom stereocenters. The summed E-state index contributed by atoms with van der Waals surface area (Å²) in [6.07, 6.45) is 1.69. The summed E-state index contributed by atoms with van der Waals surface area (Å²) in [5.74, 6) is 0.323. The van der Waals surface area contributed by atoms with Crippen molar-refractivity contribution in [3.8, 4) is 23.3 Å². The van der Waals surface area contributed by atoms with Crippen molar-refractivity contribution in [1.29, 1.82) is 5.26 Å². The Balaban J connectivity index is 2.03. The Morgan fingerprint density at radius 3 is 2.34 bits per heavy atom. The minimum Gasteiger partial charge on any atom is -0.493 e. The zero-order valence-electron chi connectivity index (χ0n) is 16.5. The highest BCUT2D eigenvalue weighted by molar-refractivity contribution is 14.1. The van der Waals surface area contributed by atoms with Gasteiger partial charge in [-0.15, -0.1) is 0 Å². The van der Waals surface area contributed by atoms with Crippen LogP contribution in [0, 0.1) is 35.1 Å². The third-order valence-electron chi connectivity index (χ3n) is 4.33. The largest absolute Gasteiger partial charge is 0.493 e. The third kappa shape index (κ3) is 5.01. The fourth-order valence-corrected chi connectivity index (χ4v) is 3.58. The predicted molar refractivity (Wildman–Crippen MR) is 125 cm³/mol. The Hall–Kier alpha value is -3.98. The summed E-state index contributed by atoms with van der Waals surface area (Å²) < 4.78 is 11.7. The molecule has 0 heterocycles. The van der Waals surface area contributed by atoms with Crippen LogP contribution in [0.15, 0.2) is 60.7 Å². The maximum Gasteiger partial charge on any atom is 0.318 e. The van der Waals surface area contributed by atoms with E-state index < -0.39 is 21.2 Å². The predicted octanol–water partition coefficient (Wildman–Crippen LogP) is 5.97. The van der Waals surface area contributed by atoms with Crippen molar-refractivity contribution in [1.82, 2.24) is 0 Å². The second-order valence-corrected chi connectivity index (χ2v) is 7.50. The molecule has 0 aliphatic carbocycles. The molecular formula is C22H14IN3O6. The van der Waals surface area contributed by atoms with Crippen molar-refractivity contribution in [2.45, 2.75) is 0 Å². The van der Waals surface area contributed by atoms with Crippen LogP contribution in [0.25, 0.3) is 11.6 Å². The lowest BCUT2D eigenvalue weighted by atomic mass is 10.0. The fourth-order valence-electron chi connectivity index (χ4n) is 2.84. The number of nitriles is 1. The molecule has 0 spiro atoms. The number of ether oxygens (including phenoxy) is 2. The van der Waals surface area contributed by atoms with Gasteiger partial charge in [0.05, 0.1) is 38.2 Å². The molecule has 3 aromatic rings. The van der Waals surface area contributed by atoms with Gasteiger partial charge in [-0.2, -0.15) is 5.26 Å². The maximum atomic E-state index is 11.4. The van der Waals surface area contributed by atoms with Crippen molar-refractivity contribution in [3.05, 3.63) is 95.6 Å². The molecular weight excluding hydrogens is 529 g/mol. The summed E-state index contributed by atoms with van der Waals surface area (Å²) in [4.78, 5) is 20.9. The number of rotatable bonds is 7. The topological polar surface area (TPSA) is 129 Å². The molecule has 0 amide bonds. The number of allylic oxidation sites excluding steroid dienone is 1. The summed E-state index contributed by atoms with van der Waals surface area (Å²) in [6, 6.07) is 17.8. The van der Waals surface area contributed by atoms with Gasteiger partial charge in [0.25, 0.3) is 5.69 Å². The van der Waals surface area contributed by atoms with E-state index in [0.717, 1.165) is 17.7 Å². The van der Waals surface area contributed by atoms with Crippen LogP contribution < -0.4 is 9.47 Å². The highest BCUT2D eigenvalue weighted by atomic mass is 127. The van der Waals surface area contributed by atoms with Crippen LogP contribution in [0.1, 0.15) is 11.1 Å². The molecule has 0 atom stereocenters. The quantitative estimate of drug-likeness (QED) is 0.118. The number of hydrogen-bond acceptors (Lipinski definition) is 7. The number of methoxy groups -OCH3 is 1. The van der Waals surface area contributed by atoms with E-state index >= 15 is 0 Å². The van der Waals surface area contributed by atoms with Crippen LogP contribution >= 0.6 is 22.6 Å². The van der Waals surface area contributed by atoms with E-state index in [4.69, 9.17) is 9.47 Å². The molecule has 0 aromatic heterocycles. The Morgan fingerprint density at radius 1 is 1.03 bits per heavy atom. The molecule has 0 saturated carbocycles. The van der Waals surface area contributed by atoms with Gasteiger partial charge >= 0.3 is 5.69 Å². The third-order valence-corrected chi connectivity index (χ3v) is 5.13. The molecule has 0 aliphatic heterocycles. The molecule has 3 rings (SSSR count). The van der Waals surface area contributed by atoms with Crippen molar-refractivity contribution in [2.75, 3.05) is 7.11 Å². The van der Waals surface area contributed by atoms with Crippen LogP contribution in [0.5, 0.6) is 17.2 Å². The summed E-state index contributed by atoms with van der Waals surface area (Å²) in [5.41, 5.74) is 0.902. The first kappa shape index (κ1) is 22.7. The van der Waals surface area contributed by atoms with Crippen molar-refractivity contribution in [2.24, 2.45) is 0 Å². The Kier molecular flexibility index (Phi) is 7.01. The molecule has 3 aromatic carbocycles. The van der Waals surface area contributed by atoms with Gasteiger partial charge < -0.3 is 9.47 Å². The number of hydrogen-bond donors (Lipinski definition) is 0. The summed E-state index contributed by atoms with van der Waals surface area (Å²) in [7, 11) is 1.42. The molecule has 10 heteroatoms. The van der Waals surface area contributed by atoms with Crippen LogP contribution in [-0.2, 0) is 0 Å². The van der Waals surface area contributed by atoms with Gasteiger partial charge in [-0.05, 0) is 58.0 Å². The van der Waals surface area contributed by atoms with Gasteiger partial charge in [-0.25, -0.2) is 0 Å². The van der Waals surface area contributed by atoms with Gasteiger partial charge in [0.1, 0.15) is 0 Å². The molecule has 0 bridgehead atoms. The first-order chi connectivity index (χ1) is 15.3. The van der Waals surface area contributed by atoms with Crippen molar-refractivity contribution >= 4 is 45.6 Å². The number of non-ortho nitro benzene ring substituents is 1. The van der Waals surface area contributed by atoms with Gasteiger partial charge in [0, 0.05) is 6.07 Å². The van der Waals surface area contributed by atoms with E-state index in [1.54, 1.807) is 18.2 Å². The van der Waals surface area contributed by atoms with Crippen LogP contribution in [0.4, 0.5) is 11.4 Å². The monoisotopic (exact) mass is 543 g/mol. The van der Waals surface area contributed by atoms with Gasteiger partial charge in [0.2, 0.25) is 5.75 Å². The minimum atomic E-state index is -0.752. The summed E-state index contributed by atoms with van der Waals surface area (Å²) in [5, 5.41) is 31.9. The highest BCUT2D eigenvalue weighted by Crippen LogP contribution is 2.41. The number of benzene rings is 3. The fraction of sp³-hybridized carbons (Fsp3) is 0.0455. The van der Waals surface area contributed by atoms with Gasteiger partial charge in [-0.1, -0.05) is 30.3 Å². The lowest BCUT2D eigenvalue weighted by molar-refractivity contribution is -0.394. The number of nitrogens with zero attached hydrogens (tertiary/aromatic N) is 3. The first-order valence-electron chi connectivity index (χ1n) is 8.99. The number of nitro groups is 2. The first-order valence-corrected chi connectivity index (χ1v) is 10.1. The SMILES string of the molecule is COc1cc(/C=C(\C#N)c2ccccc2)cc(I)c1Oc1ccc([N+](=O)[O-])cc1[N+](=O)[O-]. The summed E-state index contributed by atoms with van der Waals surface area (Å²) >= 11 is 1.99. The van der Waals surface area contributed by atoms with Crippen molar-refractivity contribution < 1.29 is 19.3 Å². The van der Waals surface area contributed by atoms with E-state index in [-0.39, 0.29) is 17.2 Å². The van der Waals surface area contributed by atoms with Crippen LogP contribution in [0.3, 0.4) is 0 Å². The minimum absolute atomic E-state index is 0.165. The second-order valence-electron chi connectivity index (χ2n) is 6.34. The molecule has 160 valence electrons. The van der Waals surface area contributed by atoms with E-state index in [2.05, 4.69) is 6.07 Å². The Bertz CT molecular complexity index is 1270. The lowest BCUT2D eigenvalue weighted by Crippen LogP contribution is -1.99. The van der Waals surface area contributed by atoms with E-state index in [9.17, 15) is 25.5 Å². The average molecular weight is 543 g/mol. The number of halogens is 1. The molecule has 0 radical (unpaired) electrons. The second kappa shape index (κ2) is 9.88. The lowest BCUT2D eigenvalue weighted by Gasteiger charge is -2.13.